The van der Waals surface area contributed by atoms with Gasteiger partial charge in [0, 0.05) is 127 Å². The van der Waals surface area contributed by atoms with E-state index in [2.05, 4.69) is 194 Å². The van der Waals surface area contributed by atoms with Gasteiger partial charge >= 0.3 is 0 Å². The Balaban J connectivity index is 0.775. The molecule has 12 heteroatoms. The lowest BCUT2D eigenvalue weighted by molar-refractivity contribution is 0.889. The quantitative estimate of drug-likeness (QED) is 0.157. The monoisotopic (exact) mass is 1100 g/mol. The molecule has 10 nitrogen and oxygen atoms in total. The maximum absolute atomic E-state index is 5.41. The third-order valence-corrected chi connectivity index (χ3v) is 19.1. The fraction of sp³-hybridized carbons (Fsp3) is 0.0282. The molecule has 83 heavy (non-hydrogen) atoms. The van der Waals surface area contributed by atoms with E-state index in [9.17, 15) is 0 Å². The van der Waals surface area contributed by atoms with Crippen LogP contribution in [-0.2, 0) is 6.42 Å². The minimum Gasteiger partial charge on any atom is -0.311 e. The summed E-state index contributed by atoms with van der Waals surface area (Å²) >= 11 is 3.64. The normalized spacial score (nSPS) is 12.7. The predicted molar refractivity (Wildman–Crippen MR) is 341 cm³/mol. The summed E-state index contributed by atoms with van der Waals surface area (Å²) in [4.78, 5) is 34.9. The maximum atomic E-state index is 5.41. The molecule has 388 valence electrons. The van der Waals surface area contributed by atoms with Crippen LogP contribution in [0.4, 0.5) is 0 Å². The summed E-state index contributed by atoms with van der Waals surface area (Å²) in [5.41, 5.74) is 18.5. The third kappa shape index (κ3) is 7.03. The predicted octanol–water partition coefficient (Wildman–Crippen LogP) is 18.0. The molecule has 0 saturated carbocycles. The van der Waals surface area contributed by atoms with E-state index in [0.717, 1.165) is 106 Å². The van der Waals surface area contributed by atoms with Gasteiger partial charge in [-0.25, -0.2) is 4.98 Å². The van der Waals surface area contributed by atoms with Gasteiger partial charge in [0.2, 0.25) is 5.95 Å². The van der Waals surface area contributed by atoms with Crippen molar-refractivity contribution in [1.82, 2.24) is 48.6 Å². The smallest absolute Gasteiger partial charge is 0.238 e. The van der Waals surface area contributed by atoms with E-state index in [0.29, 0.717) is 17.6 Å². The number of para-hydroxylation sites is 1. The topological polar surface area (TPSA) is 105 Å². The van der Waals surface area contributed by atoms with E-state index >= 15 is 0 Å². The van der Waals surface area contributed by atoms with Gasteiger partial charge < -0.3 is 9.13 Å². The Morgan fingerprint density at radius 3 is 1.59 bits per heavy atom. The SMILES string of the molecule is C1=Cc2c(n(-c3cccc(-c4cccc5c4sc4ccc(-c6nc(-c7ccc8sc9c(-c%10cccc(-n%11c%12ccccc%12c%12ncccc%12%11)c%10)cccc9c8c7)nc(-n7c8ccncc8c8cnccc87)n6)cc45)c3)c3cccnc23)CC1. The molecule has 0 fully saturated rings. The Morgan fingerprint density at radius 1 is 0.386 bits per heavy atom. The van der Waals surface area contributed by atoms with Crippen molar-refractivity contribution in [2.75, 3.05) is 0 Å². The Bertz CT molecular complexity index is 5510. The van der Waals surface area contributed by atoms with Crippen LogP contribution in [0.3, 0.4) is 0 Å². The van der Waals surface area contributed by atoms with Crippen molar-refractivity contribution in [3.63, 3.8) is 0 Å². The fourth-order valence-corrected chi connectivity index (χ4v) is 15.4. The first-order chi connectivity index (χ1) is 41.1. The number of thiophene rings is 2. The van der Waals surface area contributed by atoms with Crippen molar-refractivity contribution in [3.05, 3.63) is 237 Å². The summed E-state index contributed by atoms with van der Waals surface area (Å²) in [7, 11) is 0. The molecule has 0 unspecified atom stereocenters. The van der Waals surface area contributed by atoms with Crippen LogP contribution in [0.5, 0.6) is 0 Å². The van der Waals surface area contributed by atoms with Gasteiger partial charge in [-0.05, 0) is 138 Å². The van der Waals surface area contributed by atoms with Gasteiger partial charge in [0.25, 0.3) is 0 Å². The zero-order chi connectivity index (χ0) is 54.3. The van der Waals surface area contributed by atoms with Crippen LogP contribution in [0.2, 0.25) is 0 Å². The first-order valence-electron chi connectivity index (χ1n) is 27.7. The second-order valence-corrected chi connectivity index (χ2v) is 23.3. The summed E-state index contributed by atoms with van der Waals surface area (Å²) in [6, 6.07) is 65.5. The highest BCUT2D eigenvalue weighted by atomic mass is 32.1. The third-order valence-electron chi connectivity index (χ3n) is 16.7. The zero-order valence-corrected chi connectivity index (χ0v) is 45.8. The molecule has 1 aliphatic carbocycles. The number of fused-ring (bicyclic) bond motifs is 15. The van der Waals surface area contributed by atoms with Crippen LogP contribution in [0.25, 0.3) is 164 Å². The average Bonchev–Trinajstić information content (AvgIpc) is 3.43. The second kappa shape index (κ2) is 18.0. The van der Waals surface area contributed by atoms with E-state index in [-0.39, 0.29) is 0 Å². The molecule has 0 saturated heterocycles. The van der Waals surface area contributed by atoms with Crippen molar-refractivity contribution < 1.29 is 0 Å². The van der Waals surface area contributed by atoms with Gasteiger partial charge in [-0.2, -0.15) is 9.97 Å². The van der Waals surface area contributed by atoms with Crippen LogP contribution < -0.4 is 0 Å². The molecule has 0 bridgehead atoms. The minimum absolute atomic E-state index is 0.514. The molecule has 0 spiro atoms. The Kier molecular flexibility index (Phi) is 10.0. The van der Waals surface area contributed by atoms with Gasteiger partial charge in [0.05, 0.1) is 38.6 Å². The first-order valence-corrected chi connectivity index (χ1v) is 29.4. The van der Waals surface area contributed by atoms with Crippen LogP contribution in [-0.4, -0.2) is 48.6 Å². The zero-order valence-electron chi connectivity index (χ0n) is 44.1. The van der Waals surface area contributed by atoms with Crippen molar-refractivity contribution in [2.24, 2.45) is 0 Å². The van der Waals surface area contributed by atoms with E-state index in [1.807, 2.05) is 84.1 Å². The molecule has 0 amide bonds. The molecular formula is C71H42N10S2. The van der Waals surface area contributed by atoms with Crippen molar-refractivity contribution in [1.29, 1.82) is 0 Å². The van der Waals surface area contributed by atoms with Crippen LogP contribution in [0.15, 0.2) is 225 Å². The molecule has 10 aromatic heterocycles. The van der Waals surface area contributed by atoms with Crippen molar-refractivity contribution in [2.45, 2.75) is 12.8 Å². The van der Waals surface area contributed by atoms with Gasteiger partial charge in [0.15, 0.2) is 11.6 Å². The number of nitrogens with zero attached hydrogens (tertiary/aromatic N) is 10. The first kappa shape index (κ1) is 46.2. The van der Waals surface area contributed by atoms with Crippen LogP contribution >= 0.6 is 22.7 Å². The Morgan fingerprint density at radius 2 is 0.940 bits per heavy atom. The van der Waals surface area contributed by atoms with E-state index < -0.39 is 0 Å². The van der Waals surface area contributed by atoms with Crippen LogP contribution in [0.1, 0.15) is 17.7 Å². The lowest BCUT2D eigenvalue weighted by Crippen LogP contribution is -2.06. The molecule has 18 rings (SSSR count). The molecular weight excluding hydrogens is 1060 g/mol. The number of allylic oxidation sites excluding steroid dienone is 1. The molecule has 0 atom stereocenters. The van der Waals surface area contributed by atoms with E-state index in [1.54, 1.807) is 0 Å². The highest BCUT2D eigenvalue weighted by molar-refractivity contribution is 7.26. The number of pyridine rings is 4. The lowest BCUT2D eigenvalue weighted by atomic mass is 10.0. The standard InChI is InChI=1S/C71H42N10S2/c1-3-21-57-51(15-1)65-61(23-9-31-74-65)79(57)45-13-5-11-41(35-45)47-17-7-19-49-53-37-43(25-27-63(53)82-67(47)49)69-76-70(78-71(77-69)81-59-29-33-72-39-55(59)56-40-73-34-30-60(56)81)44-26-28-64-54(38-44)50-20-8-18-48(68(50)83-64)42-12-6-14-46(36-42)80-58-22-4-2-16-52(58)66-62(80)24-10-32-75-66/h1-3,5-21,23-40H,4,22H2. The maximum Gasteiger partial charge on any atom is 0.238 e. The van der Waals surface area contributed by atoms with Crippen molar-refractivity contribution in [3.8, 4) is 62.4 Å². The number of benzene rings is 7. The Hall–Kier alpha value is -10.5. The molecule has 17 aromatic rings. The van der Waals surface area contributed by atoms with E-state index in [4.69, 9.17) is 24.9 Å². The Labute approximate surface area is 481 Å². The van der Waals surface area contributed by atoms with Crippen LogP contribution in [0, 0.1) is 0 Å². The molecule has 0 aliphatic heterocycles. The number of aromatic nitrogens is 10. The highest BCUT2D eigenvalue weighted by Crippen LogP contribution is 2.45. The molecule has 1 aliphatic rings. The summed E-state index contributed by atoms with van der Waals surface area (Å²) in [5.74, 6) is 1.67. The molecule has 10 heterocycles. The number of hydrogen-bond acceptors (Lipinski definition) is 9. The lowest BCUT2D eigenvalue weighted by Gasteiger charge is -2.14. The summed E-state index contributed by atoms with van der Waals surface area (Å²) in [5, 5.41) is 7.76. The summed E-state index contributed by atoms with van der Waals surface area (Å²) in [6.07, 6.45) is 17.7. The van der Waals surface area contributed by atoms with Gasteiger partial charge in [-0.15, -0.1) is 22.7 Å². The average molecular weight is 1100 g/mol. The largest absolute Gasteiger partial charge is 0.311 e. The van der Waals surface area contributed by atoms with E-state index in [1.165, 1.54) is 57.5 Å². The number of hydrogen-bond donors (Lipinski definition) is 0. The van der Waals surface area contributed by atoms with Gasteiger partial charge in [-0.1, -0.05) is 91.0 Å². The highest BCUT2D eigenvalue weighted by Gasteiger charge is 2.23. The second-order valence-electron chi connectivity index (χ2n) is 21.2. The molecule has 7 aromatic carbocycles. The minimum atomic E-state index is 0.514. The van der Waals surface area contributed by atoms with Gasteiger partial charge in [0.1, 0.15) is 0 Å². The summed E-state index contributed by atoms with van der Waals surface area (Å²) in [6.45, 7) is 0. The molecule has 0 N–H and O–H groups in total. The molecule has 0 radical (unpaired) electrons. The number of rotatable bonds is 7. The fourth-order valence-electron chi connectivity index (χ4n) is 13.0. The van der Waals surface area contributed by atoms with Crippen molar-refractivity contribution >= 4 is 124 Å². The summed E-state index contributed by atoms with van der Waals surface area (Å²) < 4.78 is 11.7. The van der Waals surface area contributed by atoms with Gasteiger partial charge in [-0.3, -0.25) is 24.5 Å².